The first-order chi connectivity index (χ1) is 8.95. The maximum atomic E-state index is 11.5. The lowest BCUT2D eigenvalue weighted by atomic mass is 9.91. The van der Waals surface area contributed by atoms with Gasteiger partial charge in [-0.15, -0.1) is 0 Å². The molecule has 4 heteroatoms. The molecule has 0 rings (SSSR count). The van der Waals surface area contributed by atoms with Crippen LogP contribution in [0.25, 0.3) is 0 Å². The van der Waals surface area contributed by atoms with Crippen molar-refractivity contribution < 1.29 is 9.53 Å². The van der Waals surface area contributed by atoms with Crippen molar-refractivity contribution in [1.29, 1.82) is 0 Å². The largest absolute Gasteiger partial charge is 0.465 e. The van der Waals surface area contributed by atoms with Crippen LogP contribution in [0.15, 0.2) is 0 Å². The molecule has 0 aromatic rings. The van der Waals surface area contributed by atoms with Gasteiger partial charge in [0, 0.05) is 17.9 Å². The van der Waals surface area contributed by atoms with E-state index in [1.165, 1.54) is 31.4 Å². The summed E-state index contributed by atoms with van der Waals surface area (Å²) in [5, 5.41) is 0. The molecule has 0 fully saturated rings. The van der Waals surface area contributed by atoms with Crippen LogP contribution in [-0.2, 0) is 9.53 Å². The fourth-order valence-corrected chi connectivity index (χ4v) is 3.42. The number of carbonyl (C=O) groups is 1. The highest BCUT2D eigenvalue weighted by Gasteiger charge is 2.13. The number of unbranched alkanes of at least 4 members (excludes halogenated alkanes) is 3. The molecule has 0 aliphatic rings. The number of carbonyl (C=O) groups excluding carboxylic acids is 1. The molecule has 2 nitrogen and oxygen atoms in total. The molecule has 0 saturated heterocycles. The van der Waals surface area contributed by atoms with E-state index in [2.05, 4.69) is 27.7 Å². The van der Waals surface area contributed by atoms with Crippen LogP contribution < -0.4 is 0 Å². The maximum Gasteiger partial charge on any atom is 0.305 e. The van der Waals surface area contributed by atoms with E-state index in [1.807, 2.05) is 21.6 Å². The molecule has 0 spiro atoms. The normalized spacial score (nSPS) is 11.6. The number of rotatable bonds is 11. The summed E-state index contributed by atoms with van der Waals surface area (Å²) in [6.07, 6.45) is 6.71. The molecule has 0 aromatic carbocycles. The van der Waals surface area contributed by atoms with Gasteiger partial charge in [-0.25, -0.2) is 0 Å². The van der Waals surface area contributed by atoms with Crippen LogP contribution in [0.1, 0.15) is 66.2 Å². The molecule has 0 aliphatic carbocycles. The fraction of sp³-hybridized carbons (Fsp3) is 0.933. The predicted octanol–water partition coefficient (Wildman–Crippen LogP) is 5.32. The Morgan fingerprint density at radius 1 is 1.05 bits per heavy atom. The van der Waals surface area contributed by atoms with E-state index in [9.17, 15) is 4.79 Å². The summed E-state index contributed by atoms with van der Waals surface area (Å²) in [5.41, 5.74) is 0.210. The van der Waals surface area contributed by atoms with E-state index in [-0.39, 0.29) is 11.4 Å². The van der Waals surface area contributed by atoms with Gasteiger partial charge in [0.2, 0.25) is 0 Å². The monoisotopic (exact) mass is 306 g/mol. The molecule has 0 heterocycles. The van der Waals surface area contributed by atoms with E-state index in [4.69, 9.17) is 4.74 Å². The summed E-state index contributed by atoms with van der Waals surface area (Å²) in [5.74, 6) is 2.06. The summed E-state index contributed by atoms with van der Waals surface area (Å²) < 4.78 is 5.21. The zero-order chi connectivity index (χ0) is 14.6. The third-order valence-electron chi connectivity index (χ3n) is 2.67. The van der Waals surface area contributed by atoms with Gasteiger partial charge in [-0.2, -0.15) is 0 Å². The van der Waals surface area contributed by atoms with E-state index < -0.39 is 0 Å². The van der Waals surface area contributed by atoms with Crippen molar-refractivity contribution in [3.63, 3.8) is 0 Å². The van der Waals surface area contributed by atoms with Gasteiger partial charge in [0.15, 0.2) is 0 Å². The Morgan fingerprint density at radius 3 is 2.37 bits per heavy atom. The van der Waals surface area contributed by atoms with Crippen LogP contribution in [0, 0.1) is 5.41 Å². The first-order valence-electron chi connectivity index (χ1n) is 7.36. The van der Waals surface area contributed by atoms with Crippen LogP contribution in [0.3, 0.4) is 0 Å². The standard InChI is InChI=1S/C15H30O2S2/c1-5-6-7-8-12-18-19-13-11-17-14(16)9-10-15(2,3)4/h5-13H2,1-4H3. The van der Waals surface area contributed by atoms with Gasteiger partial charge in [0.05, 0.1) is 0 Å². The van der Waals surface area contributed by atoms with Crippen molar-refractivity contribution in [1.82, 2.24) is 0 Å². The molecule has 0 aliphatic heterocycles. The summed E-state index contributed by atoms with van der Waals surface area (Å²) in [7, 11) is 3.71. The van der Waals surface area contributed by atoms with E-state index in [0.29, 0.717) is 13.0 Å². The van der Waals surface area contributed by atoms with Crippen LogP contribution in [0.2, 0.25) is 0 Å². The SMILES string of the molecule is CCCCCCSSCCOC(=O)CCC(C)(C)C. The molecule has 0 aromatic heterocycles. The highest BCUT2D eigenvalue weighted by atomic mass is 33.1. The molecule has 0 unspecified atom stereocenters. The van der Waals surface area contributed by atoms with Crippen LogP contribution in [-0.4, -0.2) is 24.1 Å². The minimum Gasteiger partial charge on any atom is -0.465 e. The average Bonchev–Trinajstić information content (AvgIpc) is 2.33. The van der Waals surface area contributed by atoms with Crippen molar-refractivity contribution in [3.05, 3.63) is 0 Å². The molecule has 114 valence electrons. The first kappa shape index (κ1) is 19.2. The number of hydrogen-bond acceptors (Lipinski definition) is 4. The van der Waals surface area contributed by atoms with Crippen molar-refractivity contribution >= 4 is 27.6 Å². The zero-order valence-corrected chi connectivity index (χ0v) is 14.6. The molecule has 0 atom stereocenters. The fourth-order valence-electron chi connectivity index (χ4n) is 1.44. The van der Waals surface area contributed by atoms with E-state index in [1.54, 1.807) is 0 Å². The van der Waals surface area contributed by atoms with Gasteiger partial charge in [0.25, 0.3) is 0 Å². The number of hydrogen-bond donors (Lipinski definition) is 0. The molecular weight excluding hydrogens is 276 g/mol. The van der Waals surface area contributed by atoms with Crippen molar-refractivity contribution in [2.75, 3.05) is 18.1 Å². The Labute approximate surface area is 127 Å². The van der Waals surface area contributed by atoms with Gasteiger partial charge < -0.3 is 4.74 Å². The second-order valence-electron chi connectivity index (χ2n) is 5.99. The lowest BCUT2D eigenvalue weighted by Crippen LogP contribution is -2.12. The lowest BCUT2D eigenvalue weighted by molar-refractivity contribution is -0.143. The van der Waals surface area contributed by atoms with Gasteiger partial charge in [-0.1, -0.05) is 68.5 Å². The van der Waals surface area contributed by atoms with Crippen LogP contribution in [0.4, 0.5) is 0 Å². The summed E-state index contributed by atoms with van der Waals surface area (Å²) in [6, 6.07) is 0. The van der Waals surface area contributed by atoms with Crippen LogP contribution >= 0.6 is 21.6 Å². The smallest absolute Gasteiger partial charge is 0.305 e. The van der Waals surface area contributed by atoms with Crippen molar-refractivity contribution in [2.24, 2.45) is 5.41 Å². The minimum absolute atomic E-state index is 0.0523. The third-order valence-corrected chi connectivity index (χ3v) is 5.13. The summed E-state index contributed by atoms with van der Waals surface area (Å²) in [6.45, 7) is 9.22. The maximum absolute atomic E-state index is 11.5. The van der Waals surface area contributed by atoms with Gasteiger partial charge in [-0.3, -0.25) is 4.79 Å². The highest BCUT2D eigenvalue weighted by Crippen LogP contribution is 2.23. The number of esters is 1. The topological polar surface area (TPSA) is 26.3 Å². The Hall–Kier alpha value is 0.170. The Kier molecular flexibility index (Phi) is 12.1. The Balaban J connectivity index is 3.23. The number of ether oxygens (including phenoxy) is 1. The zero-order valence-electron chi connectivity index (χ0n) is 13.0. The van der Waals surface area contributed by atoms with Gasteiger partial charge in [-0.05, 0) is 18.3 Å². The van der Waals surface area contributed by atoms with Crippen LogP contribution in [0.5, 0.6) is 0 Å². The van der Waals surface area contributed by atoms with E-state index >= 15 is 0 Å². The second-order valence-corrected chi connectivity index (χ2v) is 8.69. The molecule has 0 amide bonds. The average molecular weight is 307 g/mol. The summed E-state index contributed by atoms with van der Waals surface area (Å²) in [4.78, 5) is 11.5. The molecular formula is C15H30O2S2. The van der Waals surface area contributed by atoms with Crippen molar-refractivity contribution in [2.45, 2.75) is 66.2 Å². The molecule has 0 N–H and O–H groups in total. The highest BCUT2D eigenvalue weighted by molar-refractivity contribution is 8.76. The second kappa shape index (κ2) is 12.0. The Bertz CT molecular complexity index is 225. The molecule has 0 bridgehead atoms. The molecule has 0 radical (unpaired) electrons. The summed E-state index contributed by atoms with van der Waals surface area (Å²) >= 11 is 0. The molecule has 19 heavy (non-hydrogen) atoms. The first-order valence-corrected chi connectivity index (χ1v) is 9.84. The van der Waals surface area contributed by atoms with E-state index in [0.717, 1.165) is 12.2 Å². The third kappa shape index (κ3) is 16.1. The lowest BCUT2D eigenvalue weighted by Gasteiger charge is -2.16. The Morgan fingerprint density at radius 2 is 1.74 bits per heavy atom. The van der Waals surface area contributed by atoms with Gasteiger partial charge >= 0.3 is 5.97 Å². The van der Waals surface area contributed by atoms with Gasteiger partial charge in [0.1, 0.15) is 6.61 Å². The quantitative estimate of drug-likeness (QED) is 0.293. The van der Waals surface area contributed by atoms with Crippen molar-refractivity contribution in [3.8, 4) is 0 Å². The predicted molar refractivity (Wildman–Crippen MR) is 88.7 cm³/mol. The minimum atomic E-state index is -0.0523. The molecule has 0 saturated carbocycles.